The molecule has 0 amide bonds. The van der Waals surface area contributed by atoms with Gasteiger partial charge in [-0.15, -0.1) is 0 Å². The summed E-state index contributed by atoms with van der Waals surface area (Å²) in [6, 6.07) is 6.60. The van der Waals surface area contributed by atoms with Gasteiger partial charge in [0.15, 0.2) is 0 Å². The zero-order chi connectivity index (χ0) is 13.5. The average molecular weight is 253 g/mol. The summed E-state index contributed by atoms with van der Waals surface area (Å²) in [7, 11) is 0. The molecule has 0 saturated carbocycles. The molecule has 0 saturated heterocycles. The standard InChI is InChI=1S/C13H20FN3O/c1-3-12(8-13(15)17-18)16-9(2)10-4-6-11(14)7-5-10/h4-7,9,12,16,18H,3,8H2,1-2H3,(H2,15,17)/t9-,12?/m1/s1. The molecule has 0 spiro atoms. The zero-order valence-electron chi connectivity index (χ0n) is 10.7. The number of halogens is 1. The zero-order valence-corrected chi connectivity index (χ0v) is 10.7. The van der Waals surface area contributed by atoms with Crippen LogP contribution in [0.25, 0.3) is 0 Å². The molecule has 1 aromatic carbocycles. The molecule has 1 aromatic rings. The van der Waals surface area contributed by atoms with Crippen molar-refractivity contribution in [2.75, 3.05) is 0 Å². The van der Waals surface area contributed by atoms with Crippen molar-refractivity contribution >= 4 is 5.84 Å². The summed E-state index contributed by atoms with van der Waals surface area (Å²) in [5.41, 5.74) is 6.50. The fourth-order valence-corrected chi connectivity index (χ4v) is 1.82. The van der Waals surface area contributed by atoms with E-state index in [9.17, 15) is 4.39 Å². The minimum Gasteiger partial charge on any atom is -0.409 e. The lowest BCUT2D eigenvalue weighted by Gasteiger charge is -2.22. The maximum atomic E-state index is 12.8. The highest BCUT2D eigenvalue weighted by atomic mass is 19.1. The lowest BCUT2D eigenvalue weighted by molar-refractivity contribution is 0.315. The Morgan fingerprint density at radius 3 is 2.56 bits per heavy atom. The van der Waals surface area contributed by atoms with E-state index in [0.717, 1.165) is 12.0 Å². The van der Waals surface area contributed by atoms with E-state index in [2.05, 4.69) is 10.5 Å². The number of nitrogens with one attached hydrogen (secondary N) is 1. The molecule has 1 rings (SSSR count). The van der Waals surface area contributed by atoms with Gasteiger partial charge in [-0.25, -0.2) is 4.39 Å². The molecule has 0 aliphatic carbocycles. The van der Waals surface area contributed by atoms with Crippen molar-refractivity contribution in [1.82, 2.24) is 5.32 Å². The molecule has 0 bridgehead atoms. The van der Waals surface area contributed by atoms with E-state index in [1.165, 1.54) is 12.1 Å². The molecule has 0 aromatic heterocycles. The Bertz CT molecular complexity index is 392. The Hall–Kier alpha value is -1.62. The number of benzene rings is 1. The summed E-state index contributed by atoms with van der Waals surface area (Å²) in [5.74, 6) is -0.0321. The van der Waals surface area contributed by atoms with Gasteiger partial charge in [-0.1, -0.05) is 24.2 Å². The maximum absolute atomic E-state index is 12.8. The highest BCUT2D eigenvalue weighted by molar-refractivity contribution is 5.80. The summed E-state index contributed by atoms with van der Waals surface area (Å²) in [4.78, 5) is 0. The first kappa shape index (κ1) is 14.4. The van der Waals surface area contributed by atoms with Crippen LogP contribution < -0.4 is 11.1 Å². The van der Waals surface area contributed by atoms with Gasteiger partial charge in [0.25, 0.3) is 0 Å². The van der Waals surface area contributed by atoms with Gasteiger partial charge in [0.05, 0.1) is 0 Å². The second-order valence-electron chi connectivity index (χ2n) is 4.34. The first-order chi connectivity index (χ1) is 8.56. The molecule has 0 aliphatic heterocycles. The minimum atomic E-state index is -0.241. The molecule has 1 unspecified atom stereocenters. The first-order valence-corrected chi connectivity index (χ1v) is 6.04. The largest absolute Gasteiger partial charge is 0.409 e. The van der Waals surface area contributed by atoms with Gasteiger partial charge in [0.1, 0.15) is 11.7 Å². The Balaban J connectivity index is 2.61. The van der Waals surface area contributed by atoms with Gasteiger partial charge in [-0.2, -0.15) is 0 Å². The molecule has 4 N–H and O–H groups in total. The van der Waals surface area contributed by atoms with Crippen molar-refractivity contribution in [3.8, 4) is 0 Å². The highest BCUT2D eigenvalue weighted by Crippen LogP contribution is 2.15. The average Bonchev–Trinajstić information content (AvgIpc) is 2.38. The van der Waals surface area contributed by atoms with Gasteiger partial charge >= 0.3 is 0 Å². The Labute approximate surface area is 107 Å². The lowest BCUT2D eigenvalue weighted by atomic mass is 10.0. The summed E-state index contributed by atoms with van der Waals surface area (Å²) >= 11 is 0. The summed E-state index contributed by atoms with van der Waals surface area (Å²) in [6.45, 7) is 4.03. The van der Waals surface area contributed by atoms with Crippen molar-refractivity contribution in [1.29, 1.82) is 0 Å². The van der Waals surface area contributed by atoms with E-state index in [1.54, 1.807) is 12.1 Å². The molecule has 18 heavy (non-hydrogen) atoms. The molecule has 0 heterocycles. The number of nitrogens with zero attached hydrogens (tertiary/aromatic N) is 1. The topological polar surface area (TPSA) is 70.6 Å². The van der Waals surface area contributed by atoms with Crippen LogP contribution in [0.4, 0.5) is 4.39 Å². The van der Waals surface area contributed by atoms with Crippen LogP contribution in [-0.2, 0) is 0 Å². The second kappa shape index (κ2) is 6.96. The normalized spacial score (nSPS) is 15.4. The van der Waals surface area contributed by atoms with Crippen LogP contribution in [-0.4, -0.2) is 17.1 Å². The molecular formula is C13H20FN3O. The van der Waals surface area contributed by atoms with Crippen LogP contribution in [0.15, 0.2) is 29.4 Å². The van der Waals surface area contributed by atoms with Crippen LogP contribution in [0.2, 0.25) is 0 Å². The summed E-state index contributed by atoms with van der Waals surface area (Å²) in [5, 5.41) is 14.9. The second-order valence-corrected chi connectivity index (χ2v) is 4.34. The SMILES string of the molecule is CCC(C/C(N)=N/O)N[C@H](C)c1ccc(F)cc1. The summed E-state index contributed by atoms with van der Waals surface area (Å²) < 4.78 is 12.8. The molecule has 100 valence electrons. The molecule has 0 aliphatic rings. The minimum absolute atomic E-state index is 0.0852. The van der Waals surface area contributed by atoms with E-state index in [1.807, 2.05) is 13.8 Å². The van der Waals surface area contributed by atoms with Crippen LogP contribution >= 0.6 is 0 Å². The van der Waals surface area contributed by atoms with Crippen LogP contribution in [0.5, 0.6) is 0 Å². The number of oxime groups is 1. The van der Waals surface area contributed by atoms with Crippen molar-refractivity contribution in [2.45, 2.75) is 38.8 Å². The van der Waals surface area contributed by atoms with E-state index in [0.29, 0.717) is 6.42 Å². The van der Waals surface area contributed by atoms with Crippen LogP contribution in [0.1, 0.15) is 38.3 Å². The van der Waals surface area contributed by atoms with Crippen molar-refractivity contribution in [2.24, 2.45) is 10.9 Å². The van der Waals surface area contributed by atoms with Gasteiger partial charge in [0.2, 0.25) is 0 Å². The molecule has 2 atom stereocenters. The lowest BCUT2D eigenvalue weighted by Crippen LogP contribution is -2.34. The van der Waals surface area contributed by atoms with E-state index < -0.39 is 0 Å². The van der Waals surface area contributed by atoms with Crippen LogP contribution in [0.3, 0.4) is 0 Å². The number of nitrogens with two attached hydrogens (primary N) is 1. The number of rotatable bonds is 6. The maximum Gasteiger partial charge on any atom is 0.140 e. The Kier molecular flexibility index (Phi) is 5.58. The molecule has 0 fully saturated rings. The predicted molar refractivity (Wildman–Crippen MR) is 70.1 cm³/mol. The first-order valence-electron chi connectivity index (χ1n) is 6.04. The smallest absolute Gasteiger partial charge is 0.140 e. The number of amidine groups is 1. The highest BCUT2D eigenvalue weighted by Gasteiger charge is 2.13. The third-order valence-corrected chi connectivity index (χ3v) is 2.93. The van der Waals surface area contributed by atoms with Crippen molar-refractivity contribution in [3.05, 3.63) is 35.6 Å². The number of hydrogen-bond acceptors (Lipinski definition) is 3. The molecular weight excluding hydrogens is 233 g/mol. The van der Waals surface area contributed by atoms with E-state index in [-0.39, 0.29) is 23.7 Å². The molecule has 0 radical (unpaired) electrons. The van der Waals surface area contributed by atoms with E-state index in [4.69, 9.17) is 10.9 Å². The van der Waals surface area contributed by atoms with Gasteiger partial charge in [-0.3, -0.25) is 0 Å². The fraction of sp³-hybridized carbons (Fsp3) is 0.462. The van der Waals surface area contributed by atoms with Crippen molar-refractivity contribution < 1.29 is 9.60 Å². The van der Waals surface area contributed by atoms with Crippen molar-refractivity contribution in [3.63, 3.8) is 0 Å². The van der Waals surface area contributed by atoms with Gasteiger partial charge < -0.3 is 16.3 Å². The molecule has 5 heteroatoms. The fourth-order valence-electron chi connectivity index (χ4n) is 1.82. The summed E-state index contributed by atoms with van der Waals surface area (Å²) in [6.07, 6.45) is 1.35. The third-order valence-electron chi connectivity index (χ3n) is 2.93. The number of hydrogen-bond donors (Lipinski definition) is 3. The van der Waals surface area contributed by atoms with E-state index >= 15 is 0 Å². The molecule has 4 nitrogen and oxygen atoms in total. The van der Waals surface area contributed by atoms with Gasteiger partial charge in [0, 0.05) is 18.5 Å². The predicted octanol–water partition coefficient (Wildman–Crippen LogP) is 2.39. The Morgan fingerprint density at radius 1 is 1.44 bits per heavy atom. The van der Waals surface area contributed by atoms with Gasteiger partial charge in [-0.05, 0) is 31.0 Å². The monoisotopic (exact) mass is 253 g/mol. The Morgan fingerprint density at radius 2 is 2.06 bits per heavy atom. The quantitative estimate of drug-likeness (QED) is 0.315. The third kappa shape index (κ3) is 4.33. The van der Waals surface area contributed by atoms with Crippen LogP contribution in [0, 0.1) is 5.82 Å².